The quantitative estimate of drug-likeness (QED) is 0.146. The molecule has 0 aromatic rings. The molecule has 0 saturated carbocycles. The van der Waals surface area contributed by atoms with Gasteiger partial charge in [-0.05, 0) is 18.9 Å². The van der Waals surface area contributed by atoms with Gasteiger partial charge in [0, 0.05) is 14.2 Å². The summed E-state index contributed by atoms with van der Waals surface area (Å²) >= 11 is 0. The Balaban J connectivity index is 3.04. The highest BCUT2D eigenvalue weighted by atomic mass is 28.3. The van der Waals surface area contributed by atoms with Gasteiger partial charge in [-0.25, -0.2) is 0 Å². The molecule has 0 aromatic heterocycles. The van der Waals surface area contributed by atoms with Crippen molar-refractivity contribution in [3.8, 4) is 0 Å². The maximum atomic E-state index is 5.30. The molecule has 0 N–H and O–H groups in total. The van der Waals surface area contributed by atoms with Crippen LogP contribution in [0.5, 0.6) is 0 Å². The van der Waals surface area contributed by atoms with E-state index in [4.69, 9.17) is 8.85 Å². The second kappa shape index (κ2) is 19.9. The molecule has 2 nitrogen and oxygen atoms in total. The molecule has 0 heterocycles. The summed E-state index contributed by atoms with van der Waals surface area (Å²) < 4.78 is 10.6. The molecule has 3 heteroatoms. The minimum Gasteiger partial charge on any atom is -0.397 e. The lowest BCUT2D eigenvalue weighted by molar-refractivity contribution is 0.276. The van der Waals surface area contributed by atoms with Crippen molar-refractivity contribution in [3.63, 3.8) is 0 Å². The van der Waals surface area contributed by atoms with Crippen LogP contribution in [-0.4, -0.2) is 23.5 Å². The van der Waals surface area contributed by atoms with E-state index < -0.39 is 9.28 Å². The summed E-state index contributed by atoms with van der Waals surface area (Å²) in [6, 6.07) is 1.13. The van der Waals surface area contributed by atoms with Gasteiger partial charge in [0.05, 0.1) is 0 Å². The Kier molecular flexibility index (Phi) is 19.8. The zero-order valence-corrected chi connectivity index (χ0v) is 16.9. The molecule has 0 aromatic carbocycles. The van der Waals surface area contributed by atoms with Gasteiger partial charge in [0.1, 0.15) is 0 Å². The Morgan fingerprint density at radius 1 is 0.609 bits per heavy atom. The average molecular weight is 342 g/mol. The standard InChI is InChI=1S/C20H41O2Si/c1-4-5-6-7-8-9-10-11-12-13-14-15-16-17-18-19-20-23(21-2)22-3/h4H,1,5-20H2,2-3H3. The van der Waals surface area contributed by atoms with Gasteiger partial charge >= 0.3 is 9.28 Å². The number of unbranched alkanes of at least 4 members (excludes halogenated alkanes) is 14. The van der Waals surface area contributed by atoms with Gasteiger partial charge in [0.25, 0.3) is 0 Å². The molecule has 0 fully saturated rings. The van der Waals surface area contributed by atoms with Crippen LogP contribution in [0.4, 0.5) is 0 Å². The van der Waals surface area contributed by atoms with Crippen molar-refractivity contribution in [1.29, 1.82) is 0 Å². The Hall–Kier alpha value is -0.123. The van der Waals surface area contributed by atoms with Gasteiger partial charge in [-0.15, -0.1) is 6.58 Å². The summed E-state index contributed by atoms with van der Waals surface area (Å²) in [5.41, 5.74) is 0. The van der Waals surface area contributed by atoms with Crippen molar-refractivity contribution in [2.45, 2.75) is 102 Å². The Labute approximate surface area is 147 Å². The van der Waals surface area contributed by atoms with Gasteiger partial charge in [0.15, 0.2) is 0 Å². The van der Waals surface area contributed by atoms with E-state index >= 15 is 0 Å². The van der Waals surface area contributed by atoms with Crippen LogP contribution >= 0.6 is 0 Å². The molecule has 137 valence electrons. The molecule has 1 radical (unpaired) electrons. The topological polar surface area (TPSA) is 18.5 Å². The fraction of sp³-hybridized carbons (Fsp3) is 0.900. The summed E-state index contributed by atoms with van der Waals surface area (Å²) in [5.74, 6) is 0. The van der Waals surface area contributed by atoms with Gasteiger partial charge in [-0.3, -0.25) is 0 Å². The predicted octanol–water partition coefficient (Wildman–Crippen LogP) is 6.80. The van der Waals surface area contributed by atoms with Crippen LogP contribution in [0.1, 0.15) is 96.3 Å². The second-order valence-electron chi connectivity index (χ2n) is 6.56. The van der Waals surface area contributed by atoms with E-state index in [2.05, 4.69) is 6.58 Å². The largest absolute Gasteiger partial charge is 0.397 e. The molecular formula is C20H41O2Si. The highest BCUT2D eigenvalue weighted by molar-refractivity contribution is 6.44. The first-order valence-electron chi connectivity index (χ1n) is 9.89. The molecule has 23 heavy (non-hydrogen) atoms. The Morgan fingerprint density at radius 2 is 0.957 bits per heavy atom. The van der Waals surface area contributed by atoms with E-state index in [9.17, 15) is 0 Å². The van der Waals surface area contributed by atoms with E-state index in [0.717, 1.165) is 6.04 Å². The van der Waals surface area contributed by atoms with E-state index in [0.29, 0.717) is 0 Å². The number of allylic oxidation sites excluding steroid dienone is 1. The van der Waals surface area contributed by atoms with Crippen LogP contribution in [0.15, 0.2) is 12.7 Å². The molecule has 0 amide bonds. The zero-order chi connectivity index (χ0) is 17.0. The third kappa shape index (κ3) is 18.1. The van der Waals surface area contributed by atoms with Gasteiger partial charge < -0.3 is 8.85 Å². The summed E-state index contributed by atoms with van der Waals surface area (Å²) in [6.45, 7) is 3.77. The summed E-state index contributed by atoms with van der Waals surface area (Å²) in [6.07, 6.45) is 22.8. The molecular weight excluding hydrogens is 300 g/mol. The third-order valence-corrected chi connectivity index (χ3v) is 6.17. The van der Waals surface area contributed by atoms with Crippen LogP contribution in [0, 0.1) is 0 Å². The first-order chi connectivity index (χ1) is 11.3. The number of hydrogen-bond acceptors (Lipinski definition) is 2. The average Bonchev–Trinajstić information content (AvgIpc) is 2.58. The molecule has 0 bridgehead atoms. The molecule has 0 rings (SSSR count). The van der Waals surface area contributed by atoms with Gasteiger partial charge in [-0.2, -0.15) is 0 Å². The predicted molar refractivity (Wildman–Crippen MR) is 104 cm³/mol. The van der Waals surface area contributed by atoms with E-state index in [1.54, 1.807) is 14.2 Å². The molecule has 0 aliphatic rings. The maximum absolute atomic E-state index is 5.30. The molecule has 0 aliphatic carbocycles. The van der Waals surface area contributed by atoms with Crippen LogP contribution < -0.4 is 0 Å². The van der Waals surface area contributed by atoms with Crippen LogP contribution in [0.2, 0.25) is 6.04 Å². The number of rotatable bonds is 19. The zero-order valence-electron chi connectivity index (χ0n) is 15.9. The van der Waals surface area contributed by atoms with Gasteiger partial charge in [0.2, 0.25) is 0 Å². The summed E-state index contributed by atoms with van der Waals surface area (Å²) in [4.78, 5) is 0. The first-order valence-corrected chi connectivity index (χ1v) is 11.4. The van der Waals surface area contributed by atoms with Crippen molar-refractivity contribution >= 4 is 9.28 Å². The summed E-state index contributed by atoms with van der Waals surface area (Å²) in [5, 5.41) is 0. The van der Waals surface area contributed by atoms with E-state index in [-0.39, 0.29) is 0 Å². The molecule has 0 unspecified atom stereocenters. The van der Waals surface area contributed by atoms with Crippen molar-refractivity contribution in [2.24, 2.45) is 0 Å². The monoisotopic (exact) mass is 341 g/mol. The SMILES string of the molecule is C=CCCCCCCCCCCCCCCCC[Si](OC)OC. The minimum absolute atomic E-state index is 0.946. The van der Waals surface area contributed by atoms with Crippen LogP contribution in [0.3, 0.4) is 0 Å². The van der Waals surface area contributed by atoms with Crippen LogP contribution in [-0.2, 0) is 8.85 Å². The summed E-state index contributed by atoms with van der Waals surface area (Å²) in [7, 11) is 2.58. The lowest BCUT2D eigenvalue weighted by Gasteiger charge is -2.08. The maximum Gasteiger partial charge on any atom is 0.384 e. The highest BCUT2D eigenvalue weighted by Crippen LogP contribution is 2.14. The van der Waals surface area contributed by atoms with Crippen molar-refractivity contribution < 1.29 is 8.85 Å². The second-order valence-corrected chi connectivity index (χ2v) is 8.62. The smallest absolute Gasteiger partial charge is 0.384 e. The molecule has 0 spiro atoms. The number of hydrogen-bond donors (Lipinski definition) is 0. The first kappa shape index (κ1) is 22.9. The molecule has 0 saturated heterocycles. The minimum atomic E-state index is -0.946. The Bertz CT molecular complexity index is 230. The normalized spacial score (nSPS) is 11.3. The Morgan fingerprint density at radius 3 is 1.30 bits per heavy atom. The molecule has 0 atom stereocenters. The third-order valence-electron chi connectivity index (χ3n) is 4.49. The fourth-order valence-electron chi connectivity index (χ4n) is 2.97. The van der Waals surface area contributed by atoms with Crippen molar-refractivity contribution in [2.75, 3.05) is 14.2 Å². The fourth-order valence-corrected chi connectivity index (χ4v) is 4.08. The van der Waals surface area contributed by atoms with E-state index in [1.807, 2.05) is 6.08 Å². The lowest BCUT2D eigenvalue weighted by atomic mass is 10.0. The van der Waals surface area contributed by atoms with Gasteiger partial charge in [-0.1, -0.05) is 89.5 Å². The van der Waals surface area contributed by atoms with Crippen molar-refractivity contribution in [1.82, 2.24) is 0 Å². The molecule has 0 aliphatic heterocycles. The van der Waals surface area contributed by atoms with Crippen molar-refractivity contribution in [3.05, 3.63) is 12.7 Å². The van der Waals surface area contributed by atoms with Crippen LogP contribution in [0.25, 0.3) is 0 Å². The lowest BCUT2D eigenvalue weighted by Crippen LogP contribution is -2.18. The van der Waals surface area contributed by atoms with E-state index in [1.165, 1.54) is 96.3 Å². The highest BCUT2D eigenvalue weighted by Gasteiger charge is 2.10.